The van der Waals surface area contributed by atoms with Crippen LogP contribution in [0.3, 0.4) is 0 Å². The first-order valence-corrected chi connectivity index (χ1v) is 12.7. The fourth-order valence-electron chi connectivity index (χ4n) is 4.67. The van der Waals surface area contributed by atoms with Crippen LogP contribution in [0.15, 0.2) is 53.4 Å². The lowest BCUT2D eigenvalue weighted by Gasteiger charge is -2.44. The molecule has 8 heteroatoms. The second-order valence-corrected chi connectivity index (χ2v) is 10.4. The summed E-state index contributed by atoms with van der Waals surface area (Å²) in [4.78, 5) is 5.12. The molecule has 2 aliphatic rings. The van der Waals surface area contributed by atoms with E-state index in [0.717, 1.165) is 57.6 Å². The van der Waals surface area contributed by atoms with Crippen molar-refractivity contribution in [3.8, 4) is 5.75 Å². The summed E-state index contributed by atoms with van der Waals surface area (Å²) in [5, 5.41) is 0.532. The van der Waals surface area contributed by atoms with Gasteiger partial charge in [-0.1, -0.05) is 24.4 Å². The summed E-state index contributed by atoms with van der Waals surface area (Å²) in [6, 6.07) is 14.7. The van der Waals surface area contributed by atoms with Crippen molar-refractivity contribution in [2.75, 3.05) is 38.2 Å². The SMILES string of the molecule is COc1ccc(N2CCN([C@H]3CCCC[C@H]3NS(=O)(=O)c3ccc(Cl)cc3)CC2)cc1. The zero-order valence-electron chi connectivity index (χ0n) is 17.8. The van der Waals surface area contributed by atoms with Crippen LogP contribution < -0.4 is 14.4 Å². The van der Waals surface area contributed by atoms with Crippen LogP contribution in [-0.4, -0.2) is 58.7 Å². The van der Waals surface area contributed by atoms with E-state index in [9.17, 15) is 8.42 Å². The largest absolute Gasteiger partial charge is 0.497 e. The van der Waals surface area contributed by atoms with Crippen LogP contribution in [0.4, 0.5) is 5.69 Å². The first-order chi connectivity index (χ1) is 15.0. The van der Waals surface area contributed by atoms with Crippen LogP contribution in [0.1, 0.15) is 25.7 Å². The van der Waals surface area contributed by atoms with Crippen molar-refractivity contribution in [1.29, 1.82) is 0 Å². The lowest BCUT2D eigenvalue weighted by atomic mass is 9.89. The average Bonchev–Trinajstić information content (AvgIpc) is 2.80. The molecule has 0 aromatic heterocycles. The summed E-state index contributed by atoms with van der Waals surface area (Å²) in [5.41, 5.74) is 1.20. The standard InChI is InChI=1S/C23H30ClN3O3S/c1-30-20-10-8-19(9-11-20)26-14-16-27(17-15-26)23-5-3-2-4-22(23)25-31(28,29)21-12-6-18(24)7-13-21/h6-13,22-23,25H,2-5,14-17H2,1H3/t22-,23+/m1/s1. The molecule has 168 valence electrons. The number of sulfonamides is 1. The topological polar surface area (TPSA) is 61.9 Å². The van der Waals surface area contributed by atoms with Crippen LogP contribution in [0.5, 0.6) is 5.75 Å². The van der Waals surface area contributed by atoms with Gasteiger partial charge in [0.15, 0.2) is 0 Å². The summed E-state index contributed by atoms with van der Waals surface area (Å²) < 4.78 is 34.1. The number of piperazine rings is 1. The van der Waals surface area contributed by atoms with Crippen LogP contribution in [0.25, 0.3) is 0 Å². The second kappa shape index (κ2) is 9.77. The van der Waals surface area contributed by atoms with E-state index in [1.165, 1.54) is 5.69 Å². The fraction of sp³-hybridized carbons (Fsp3) is 0.478. The van der Waals surface area contributed by atoms with E-state index >= 15 is 0 Å². The predicted octanol–water partition coefficient (Wildman–Crippen LogP) is 3.76. The van der Waals surface area contributed by atoms with E-state index in [4.69, 9.17) is 16.3 Å². The van der Waals surface area contributed by atoms with E-state index in [2.05, 4.69) is 26.7 Å². The highest BCUT2D eigenvalue weighted by Crippen LogP contribution is 2.27. The normalized spacial score (nSPS) is 23.0. The smallest absolute Gasteiger partial charge is 0.240 e. The molecule has 0 radical (unpaired) electrons. The Morgan fingerprint density at radius 2 is 1.58 bits per heavy atom. The zero-order valence-corrected chi connectivity index (χ0v) is 19.4. The van der Waals surface area contributed by atoms with Crippen LogP contribution in [-0.2, 0) is 10.0 Å². The van der Waals surface area contributed by atoms with Crippen molar-refractivity contribution < 1.29 is 13.2 Å². The van der Waals surface area contributed by atoms with E-state index < -0.39 is 10.0 Å². The first-order valence-electron chi connectivity index (χ1n) is 10.9. The zero-order chi connectivity index (χ0) is 21.8. The third kappa shape index (κ3) is 5.34. The van der Waals surface area contributed by atoms with Gasteiger partial charge in [0, 0.05) is 49.0 Å². The molecule has 0 amide bonds. The average molecular weight is 464 g/mol. The van der Waals surface area contributed by atoms with E-state index in [0.29, 0.717) is 5.02 Å². The quantitative estimate of drug-likeness (QED) is 0.706. The van der Waals surface area contributed by atoms with E-state index in [1.807, 2.05) is 12.1 Å². The minimum absolute atomic E-state index is 0.0676. The van der Waals surface area contributed by atoms with Gasteiger partial charge >= 0.3 is 0 Å². The molecule has 1 heterocycles. The van der Waals surface area contributed by atoms with E-state index in [-0.39, 0.29) is 17.0 Å². The maximum absolute atomic E-state index is 12.9. The Bertz CT molecular complexity index is 959. The number of benzene rings is 2. The fourth-order valence-corrected chi connectivity index (χ4v) is 6.10. The van der Waals surface area contributed by atoms with Crippen LogP contribution in [0.2, 0.25) is 5.02 Å². The molecular weight excluding hydrogens is 434 g/mol. The predicted molar refractivity (Wildman–Crippen MR) is 125 cm³/mol. The summed E-state index contributed by atoms with van der Waals surface area (Å²) >= 11 is 5.92. The number of methoxy groups -OCH3 is 1. The Kier molecular flexibility index (Phi) is 7.06. The molecule has 31 heavy (non-hydrogen) atoms. The minimum atomic E-state index is -3.57. The van der Waals surface area contributed by atoms with Gasteiger partial charge in [-0.05, 0) is 61.4 Å². The van der Waals surface area contributed by atoms with Gasteiger partial charge in [-0.2, -0.15) is 0 Å². The molecule has 1 aliphatic carbocycles. The van der Waals surface area contributed by atoms with Gasteiger partial charge in [-0.3, -0.25) is 4.90 Å². The maximum atomic E-state index is 12.9. The van der Waals surface area contributed by atoms with Gasteiger partial charge < -0.3 is 9.64 Å². The number of nitrogens with one attached hydrogen (secondary N) is 1. The van der Waals surface area contributed by atoms with Crippen LogP contribution >= 0.6 is 11.6 Å². The van der Waals surface area contributed by atoms with Crippen molar-refractivity contribution in [2.45, 2.75) is 42.7 Å². The van der Waals surface area contributed by atoms with Gasteiger partial charge in [-0.15, -0.1) is 0 Å². The molecule has 6 nitrogen and oxygen atoms in total. The Morgan fingerprint density at radius 3 is 2.23 bits per heavy atom. The molecule has 4 rings (SSSR count). The highest BCUT2D eigenvalue weighted by atomic mass is 35.5. The van der Waals surface area contributed by atoms with E-state index in [1.54, 1.807) is 31.4 Å². The third-order valence-corrected chi connectivity index (χ3v) is 8.14. The van der Waals surface area contributed by atoms with Crippen molar-refractivity contribution in [2.24, 2.45) is 0 Å². The molecule has 1 N–H and O–H groups in total. The molecule has 0 spiro atoms. The Balaban J connectivity index is 1.40. The Morgan fingerprint density at radius 1 is 0.935 bits per heavy atom. The van der Waals surface area contributed by atoms with Crippen molar-refractivity contribution in [1.82, 2.24) is 9.62 Å². The van der Waals surface area contributed by atoms with Gasteiger partial charge in [0.05, 0.1) is 12.0 Å². The maximum Gasteiger partial charge on any atom is 0.240 e. The highest BCUT2D eigenvalue weighted by Gasteiger charge is 2.34. The van der Waals surface area contributed by atoms with Gasteiger partial charge in [0.2, 0.25) is 10.0 Å². The Hall–Kier alpha value is -1.80. The van der Waals surface area contributed by atoms with Crippen molar-refractivity contribution >= 4 is 27.3 Å². The summed E-state index contributed by atoms with van der Waals surface area (Å²) in [6.07, 6.45) is 4.09. The molecule has 2 aromatic rings. The molecule has 2 atom stereocenters. The van der Waals surface area contributed by atoms with Crippen molar-refractivity contribution in [3.05, 3.63) is 53.6 Å². The molecular formula is C23H30ClN3O3S. The van der Waals surface area contributed by atoms with Gasteiger partial charge in [0.25, 0.3) is 0 Å². The molecule has 0 bridgehead atoms. The molecule has 1 aliphatic heterocycles. The molecule has 1 saturated carbocycles. The number of ether oxygens (including phenoxy) is 1. The van der Waals surface area contributed by atoms with Gasteiger partial charge in [-0.25, -0.2) is 13.1 Å². The van der Waals surface area contributed by atoms with Gasteiger partial charge in [0.1, 0.15) is 5.75 Å². The van der Waals surface area contributed by atoms with Crippen LogP contribution in [0, 0.1) is 0 Å². The number of rotatable bonds is 6. The molecule has 2 fully saturated rings. The minimum Gasteiger partial charge on any atom is -0.497 e. The Labute approximate surface area is 190 Å². The number of halogens is 1. The number of hydrogen-bond donors (Lipinski definition) is 1. The first kappa shape index (κ1) is 22.4. The number of hydrogen-bond acceptors (Lipinski definition) is 5. The third-order valence-electron chi connectivity index (χ3n) is 6.38. The molecule has 1 saturated heterocycles. The summed E-state index contributed by atoms with van der Waals surface area (Å²) in [6.45, 7) is 3.71. The highest BCUT2D eigenvalue weighted by molar-refractivity contribution is 7.89. The second-order valence-electron chi connectivity index (χ2n) is 8.25. The monoisotopic (exact) mass is 463 g/mol. The summed E-state index contributed by atoms with van der Waals surface area (Å²) in [5.74, 6) is 0.861. The number of anilines is 1. The lowest BCUT2D eigenvalue weighted by molar-refractivity contribution is 0.124. The van der Waals surface area contributed by atoms with Crippen molar-refractivity contribution in [3.63, 3.8) is 0 Å². The molecule has 2 aromatic carbocycles. The number of nitrogens with zero attached hydrogens (tertiary/aromatic N) is 2. The summed E-state index contributed by atoms with van der Waals surface area (Å²) in [7, 11) is -1.89. The molecule has 0 unspecified atom stereocenters. The lowest BCUT2D eigenvalue weighted by Crippen LogP contribution is -2.58.